The molecule has 0 aromatic heterocycles. The third-order valence-corrected chi connectivity index (χ3v) is 4.16. The van der Waals surface area contributed by atoms with E-state index in [2.05, 4.69) is 32.0 Å². The fourth-order valence-electron chi connectivity index (χ4n) is 2.26. The van der Waals surface area contributed by atoms with Gasteiger partial charge in [0.25, 0.3) is 0 Å². The topological polar surface area (TPSA) is 37.3 Å². The SMILES string of the molecule is Cc1cc(C)cc(CSCc2ccc(C(=O)O)c(F)c2)c1. The minimum atomic E-state index is -1.23. The van der Waals surface area contributed by atoms with Gasteiger partial charge in [-0.2, -0.15) is 11.8 Å². The molecule has 0 aliphatic carbocycles. The fourth-order valence-corrected chi connectivity index (χ4v) is 3.18. The van der Waals surface area contributed by atoms with Crippen molar-refractivity contribution in [3.05, 3.63) is 70.0 Å². The van der Waals surface area contributed by atoms with Crippen LogP contribution in [0.5, 0.6) is 0 Å². The molecule has 0 saturated heterocycles. The molecule has 0 heterocycles. The van der Waals surface area contributed by atoms with Gasteiger partial charge in [0.2, 0.25) is 0 Å². The van der Waals surface area contributed by atoms with Gasteiger partial charge in [-0.3, -0.25) is 0 Å². The first-order chi connectivity index (χ1) is 9.95. The van der Waals surface area contributed by atoms with Crippen molar-refractivity contribution >= 4 is 17.7 Å². The van der Waals surface area contributed by atoms with Crippen LogP contribution in [0.25, 0.3) is 0 Å². The zero-order valence-electron chi connectivity index (χ0n) is 12.0. The van der Waals surface area contributed by atoms with Gasteiger partial charge < -0.3 is 5.11 Å². The van der Waals surface area contributed by atoms with Crippen molar-refractivity contribution in [2.45, 2.75) is 25.4 Å². The smallest absolute Gasteiger partial charge is 0.338 e. The molecule has 2 rings (SSSR count). The maximum atomic E-state index is 13.6. The predicted octanol–water partition coefficient (Wildman–Crippen LogP) is 4.57. The van der Waals surface area contributed by atoms with Crippen molar-refractivity contribution in [1.29, 1.82) is 0 Å². The monoisotopic (exact) mass is 304 g/mol. The summed E-state index contributed by atoms with van der Waals surface area (Å²) < 4.78 is 13.6. The van der Waals surface area contributed by atoms with E-state index >= 15 is 0 Å². The van der Waals surface area contributed by atoms with Crippen LogP contribution in [0.15, 0.2) is 36.4 Å². The highest BCUT2D eigenvalue weighted by Gasteiger charge is 2.10. The Hall–Kier alpha value is -1.81. The number of carboxylic acid groups (broad SMARTS) is 1. The summed E-state index contributed by atoms with van der Waals surface area (Å²) in [6.45, 7) is 4.14. The molecule has 4 heteroatoms. The van der Waals surface area contributed by atoms with E-state index in [0.29, 0.717) is 5.75 Å². The summed E-state index contributed by atoms with van der Waals surface area (Å²) in [6, 6.07) is 10.7. The maximum Gasteiger partial charge on any atom is 0.338 e. The van der Waals surface area contributed by atoms with E-state index in [1.807, 2.05) is 0 Å². The average Bonchev–Trinajstić information content (AvgIpc) is 2.37. The fraction of sp³-hybridized carbons (Fsp3) is 0.235. The Morgan fingerprint density at radius 2 is 1.67 bits per heavy atom. The van der Waals surface area contributed by atoms with Gasteiger partial charge in [-0.15, -0.1) is 0 Å². The van der Waals surface area contributed by atoms with Gasteiger partial charge in [-0.1, -0.05) is 35.4 Å². The van der Waals surface area contributed by atoms with E-state index < -0.39 is 11.8 Å². The molecular weight excluding hydrogens is 287 g/mol. The molecule has 21 heavy (non-hydrogen) atoms. The number of thioether (sulfide) groups is 1. The second-order valence-corrected chi connectivity index (χ2v) is 6.09. The number of hydrogen-bond acceptors (Lipinski definition) is 2. The van der Waals surface area contributed by atoms with Gasteiger partial charge >= 0.3 is 5.97 Å². The lowest BCUT2D eigenvalue weighted by molar-refractivity contribution is 0.0692. The van der Waals surface area contributed by atoms with Gasteiger partial charge in [0.05, 0.1) is 5.56 Å². The molecule has 0 spiro atoms. The van der Waals surface area contributed by atoms with Crippen molar-refractivity contribution in [2.24, 2.45) is 0 Å². The minimum Gasteiger partial charge on any atom is -0.478 e. The minimum absolute atomic E-state index is 0.280. The molecule has 0 radical (unpaired) electrons. The molecule has 1 N–H and O–H groups in total. The van der Waals surface area contributed by atoms with Crippen LogP contribution in [0.3, 0.4) is 0 Å². The summed E-state index contributed by atoms with van der Waals surface area (Å²) in [5.74, 6) is -0.400. The Morgan fingerprint density at radius 1 is 1.05 bits per heavy atom. The highest BCUT2D eigenvalue weighted by molar-refractivity contribution is 7.97. The van der Waals surface area contributed by atoms with E-state index in [-0.39, 0.29) is 5.56 Å². The number of hydrogen-bond donors (Lipinski definition) is 1. The molecular formula is C17H17FO2S. The summed E-state index contributed by atoms with van der Waals surface area (Å²) in [5.41, 5.74) is 4.25. The standard InChI is InChI=1S/C17H17FO2S/c1-11-5-12(2)7-14(6-11)10-21-9-13-3-4-15(17(19)20)16(18)8-13/h3-8H,9-10H2,1-2H3,(H,19,20). The van der Waals surface area contributed by atoms with Crippen molar-refractivity contribution in [3.8, 4) is 0 Å². The molecule has 0 bridgehead atoms. The normalized spacial score (nSPS) is 10.6. The molecule has 2 aromatic carbocycles. The second kappa shape index (κ2) is 6.76. The van der Waals surface area contributed by atoms with Gasteiger partial charge in [-0.05, 0) is 37.1 Å². The molecule has 0 fully saturated rings. The number of aromatic carboxylic acids is 1. The second-order valence-electron chi connectivity index (χ2n) is 5.11. The summed E-state index contributed by atoms with van der Waals surface area (Å²) >= 11 is 1.69. The van der Waals surface area contributed by atoms with Crippen molar-refractivity contribution < 1.29 is 14.3 Å². The number of halogens is 1. The van der Waals surface area contributed by atoms with Crippen LogP contribution in [0, 0.1) is 19.7 Å². The van der Waals surface area contributed by atoms with E-state index in [1.54, 1.807) is 17.8 Å². The number of aryl methyl sites for hydroxylation is 2. The first kappa shape index (κ1) is 15.6. The van der Waals surface area contributed by atoms with E-state index in [0.717, 1.165) is 11.3 Å². The maximum absolute atomic E-state index is 13.6. The van der Waals surface area contributed by atoms with Gasteiger partial charge in [0.15, 0.2) is 0 Å². The number of rotatable bonds is 5. The molecule has 0 unspecified atom stereocenters. The molecule has 0 aliphatic rings. The largest absolute Gasteiger partial charge is 0.478 e. The molecule has 0 aliphatic heterocycles. The van der Waals surface area contributed by atoms with Crippen LogP contribution in [0.4, 0.5) is 4.39 Å². The Morgan fingerprint density at radius 3 is 2.24 bits per heavy atom. The third kappa shape index (κ3) is 4.33. The highest BCUT2D eigenvalue weighted by atomic mass is 32.2. The van der Waals surface area contributed by atoms with E-state index in [4.69, 9.17) is 5.11 Å². The van der Waals surface area contributed by atoms with E-state index in [9.17, 15) is 9.18 Å². The zero-order chi connectivity index (χ0) is 15.4. The molecule has 0 atom stereocenters. The Labute approximate surface area is 128 Å². The Balaban J connectivity index is 1.97. The van der Waals surface area contributed by atoms with Crippen molar-refractivity contribution in [1.82, 2.24) is 0 Å². The first-order valence-corrected chi connectivity index (χ1v) is 7.78. The Kier molecular flexibility index (Phi) is 5.02. The van der Waals surface area contributed by atoms with Crippen LogP contribution >= 0.6 is 11.8 Å². The van der Waals surface area contributed by atoms with Gasteiger partial charge in [-0.25, -0.2) is 9.18 Å². The van der Waals surface area contributed by atoms with Crippen LogP contribution in [-0.2, 0) is 11.5 Å². The third-order valence-electron chi connectivity index (χ3n) is 3.08. The number of carbonyl (C=O) groups is 1. The average molecular weight is 304 g/mol. The van der Waals surface area contributed by atoms with Crippen LogP contribution in [0.1, 0.15) is 32.6 Å². The van der Waals surface area contributed by atoms with Gasteiger partial charge in [0.1, 0.15) is 5.82 Å². The number of carboxylic acids is 1. The van der Waals surface area contributed by atoms with E-state index in [1.165, 1.54) is 28.8 Å². The molecule has 110 valence electrons. The summed E-state index contributed by atoms with van der Waals surface area (Å²) in [4.78, 5) is 10.8. The van der Waals surface area contributed by atoms with Crippen molar-refractivity contribution in [3.63, 3.8) is 0 Å². The molecule has 0 saturated carbocycles. The molecule has 2 aromatic rings. The molecule has 2 nitrogen and oxygen atoms in total. The lowest BCUT2D eigenvalue weighted by atomic mass is 10.1. The summed E-state index contributed by atoms with van der Waals surface area (Å²) in [5, 5.41) is 8.79. The summed E-state index contributed by atoms with van der Waals surface area (Å²) in [7, 11) is 0. The lowest BCUT2D eigenvalue weighted by Gasteiger charge is -2.06. The van der Waals surface area contributed by atoms with Crippen LogP contribution in [-0.4, -0.2) is 11.1 Å². The Bertz CT molecular complexity index is 648. The van der Waals surface area contributed by atoms with Crippen molar-refractivity contribution in [2.75, 3.05) is 0 Å². The highest BCUT2D eigenvalue weighted by Crippen LogP contribution is 2.21. The van der Waals surface area contributed by atoms with Crippen LogP contribution in [0.2, 0.25) is 0 Å². The summed E-state index contributed by atoms with van der Waals surface area (Å²) in [6.07, 6.45) is 0. The predicted molar refractivity (Wildman–Crippen MR) is 84.3 cm³/mol. The van der Waals surface area contributed by atoms with Crippen LogP contribution < -0.4 is 0 Å². The number of benzene rings is 2. The lowest BCUT2D eigenvalue weighted by Crippen LogP contribution is -2.00. The zero-order valence-corrected chi connectivity index (χ0v) is 12.8. The first-order valence-electron chi connectivity index (χ1n) is 6.62. The molecule has 0 amide bonds. The quantitative estimate of drug-likeness (QED) is 0.879. The van der Waals surface area contributed by atoms with Gasteiger partial charge in [0, 0.05) is 11.5 Å².